The number of rotatable bonds is 6. The number of anilines is 1. The van der Waals surface area contributed by atoms with Crippen molar-refractivity contribution >= 4 is 17.6 Å². The van der Waals surface area contributed by atoms with Crippen molar-refractivity contribution in [2.75, 3.05) is 19.5 Å². The molecule has 1 N–H and O–H groups in total. The third-order valence-electron chi connectivity index (χ3n) is 3.70. The molecule has 1 saturated carbocycles. The van der Waals surface area contributed by atoms with Crippen LogP contribution in [-0.2, 0) is 19.1 Å². The molecule has 0 spiro atoms. The lowest BCUT2D eigenvalue weighted by Crippen LogP contribution is -2.18. The first-order chi connectivity index (χ1) is 11.5. The summed E-state index contributed by atoms with van der Waals surface area (Å²) in [5, 5.41) is 2.59. The number of methoxy groups -OCH3 is 2. The second-order valence-corrected chi connectivity index (χ2v) is 5.34. The van der Waals surface area contributed by atoms with E-state index >= 15 is 0 Å². The largest absolute Gasteiger partial charge is 0.488 e. The standard InChI is InChI=1S/C17H20FNO5/c1-22-15(20)10-13(17(21)23-2)19-16-12(18)8-5-9-14(16)24-11-6-3-4-7-11/h5,8-11,19H,3-4,6-7H2,1-2H3/b13-10+. The van der Waals surface area contributed by atoms with Gasteiger partial charge < -0.3 is 19.5 Å². The van der Waals surface area contributed by atoms with Crippen LogP contribution in [0.5, 0.6) is 5.75 Å². The van der Waals surface area contributed by atoms with Crippen molar-refractivity contribution in [3.63, 3.8) is 0 Å². The maximum atomic E-state index is 14.2. The molecule has 1 fully saturated rings. The molecule has 0 radical (unpaired) electrons. The first kappa shape index (κ1) is 17.8. The summed E-state index contributed by atoms with van der Waals surface area (Å²) in [6.45, 7) is 0. The summed E-state index contributed by atoms with van der Waals surface area (Å²) in [5.74, 6) is -1.92. The highest BCUT2D eigenvalue weighted by Crippen LogP contribution is 2.32. The zero-order valence-electron chi connectivity index (χ0n) is 13.6. The van der Waals surface area contributed by atoms with E-state index in [2.05, 4.69) is 14.8 Å². The summed E-state index contributed by atoms with van der Waals surface area (Å²) < 4.78 is 29.2. The number of benzene rings is 1. The summed E-state index contributed by atoms with van der Waals surface area (Å²) in [7, 11) is 2.33. The van der Waals surface area contributed by atoms with E-state index < -0.39 is 17.8 Å². The number of esters is 2. The zero-order chi connectivity index (χ0) is 17.5. The lowest BCUT2D eigenvalue weighted by Gasteiger charge is -2.18. The van der Waals surface area contributed by atoms with Crippen molar-refractivity contribution in [1.29, 1.82) is 0 Å². The monoisotopic (exact) mass is 337 g/mol. The SMILES string of the molecule is COC(=O)/C=C(/Nc1c(F)cccc1OC1CCCC1)C(=O)OC. The van der Waals surface area contributed by atoms with Crippen molar-refractivity contribution in [3.05, 3.63) is 35.8 Å². The average Bonchev–Trinajstić information content (AvgIpc) is 3.09. The lowest BCUT2D eigenvalue weighted by molar-refractivity contribution is -0.138. The molecule has 24 heavy (non-hydrogen) atoms. The number of hydrogen-bond acceptors (Lipinski definition) is 6. The van der Waals surface area contributed by atoms with E-state index in [1.165, 1.54) is 19.2 Å². The molecule has 0 amide bonds. The molecule has 1 aromatic rings. The molecule has 7 heteroatoms. The van der Waals surface area contributed by atoms with Crippen LogP contribution in [0.4, 0.5) is 10.1 Å². The number of halogens is 1. The number of carbonyl (C=O) groups is 2. The van der Waals surface area contributed by atoms with E-state index in [-0.39, 0.29) is 23.2 Å². The van der Waals surface area contributed by atoms with Gasteiger partial charge in [0.2, 0.25) is 0 Å². The number of ether oxygens (including phenoxy) is 3. The van der Waals surface area contributed by atoms with Crippen molar-refractivity contribution in [1.82, 2.24) is 0 Å². The van der Waals surface area contributed by atoms with Gasteiger partial charge in [-0.1, -0.05) is 6.07 Å². The van der Waals surface area contributed by atoms with E-state index in [0.29, 0.717) is 0 Å². The van der Waals surface area contributed by atoms with E-state index in [9.17, 15) is 14.0 Å². The van der Waals surface area contributed by atoms with Crippen LogP contribution in [-0.4, -0.2) is 32.3 Å². The van der Waals surface area contributed by atoms with Crippen LogP contribution in [0.2, 0.25) is 0 Å². The fourth-order valence-electron chi connectivity index (χ4n) is 2.48. The number of para-hydroxylation sites is 1. The maximum Gasteiger partial charge on any atom is 0.354 e. The molecule has 0 aliphatic heterocycles. The van der Waals surface area contributed by atoms with Crippen LogP contribution in [0.15, 0.2) is 30.0 Å². The lowest BCUT2D eigenvalue weighted by atomic mass is 10.2. The first-order valence-electron chi connectivity index (χ1n) is 7.65. The second kappa shape index (κ2) is 8.33. The third-order valence-corrected chi connectivity index (χ3v) is 3.70. The average molecular weight is 337 g/mol. The Hall–Kier alpha value is -2.57. The Morgan fingerprint density at radius 3 is 2.54 bits per heavy atom. The Kier molecular flexibility index (Phi) is 6.17. The highest BCUT2D eigenvalue weighted by atomic mass is 19.1. The molecule has 0 atom stereocenters. The molecule has 0 aromatic heterocycles. The topological polar surface area (TPSA) is 73.9 Å². The molecule has 2 rings (SSSR count). The highest BCUT2D eigenvalue weighted by Gasteiger charge is 2.21. The molecule has 0 saturated heterocycles. The number of nitrogens with one attached hydrogen (secondary N) is 1. The van der Waals surface area contributed by atoms with Gasteiger partial charge in [0.05, 0.1) is 26.4 Å². The number of carbonyl (C=O) groups excluding carboxylic acids is 2. The van der Waals surface area contributed by atoms with Crippen LogP contribution >= 0.6 is 0 Å². The van der Waals surface area contributed by atoms with Crippen LogP contribution in [0.25, 0.3) is 0 Å². The van der Waals surface area contributed by atoms with Gasteiger partial charge in [-0.2, -0.15) is 0 Å². The van der Waals surface area contributed by atoms with Crippen molar-refractivity contribution < 1.29 is 28.2 Å². The molecular weight excluding hydrogens is 317 g/mol. The Bertz CT molecular complexity index is 638. The predicted molar refractivity (Wildman–Crippen MR) is 85.0 cm³/mol. The Morgan fingerprint density at radius 2 is 1.92 bits per heavy atom. The highest BCUT2D eigenvalue weighted by molar-refractivity contribution is 5.99. The van der Waals surface area contributed by atoms with Gasteiger partial charge >= 0.3 is 11.9 Å². The summed E-state index contributed by atoms with van der Waals surface area (Å²) in [5.41, 5.74) is -0.268. The molecule has 0 unspecified atom stereocenters. The molecule has 130 valence electrons. The van der Waals surface area contributed by atoms with Gasteiger partial charge in [0.1, 0.15) is 23.0 Å². The first-order valence-corrected chi connectivity index (χ1v) is 7.65. The normalized spacial score (nSPS) is 15.0. The summed E-state index contributed by atoms with van der Waals surface area (Å²) in [6, 6.07) is 4.36. The van der Waals surface area contributed by atoms with Gasteiger partial charge in [-0.15, -0.1) is 0 Å². The summed E-state index contributed by atoms with van der Waals surface area (Å²) in [4.78, 5) is 23.2. The van der Waals surface area contributed by atoms with Crippen LogP contribution in [0, 0.1) is 5.82 Å². The van der Waals surface area contributed by atoms with Crippen molar-refractivity contribution in [2.24, 2.45) is 0 Å². The van der Waals surface area contributed by atoms with Crippen LogP contribution in [0.3, 0.4) is 0 Å². The smallest absolute Gasteiger partial charge is 0.354 e. The third kappa shape index (κ3) is 4.47. The Labute approximate surface area is 139 Å². The van der Waals surface area contributed by atoms with E-state index in [1.54, 1.807) is 6.07 Å². The maximum absolute atomic E-state index is 14.2. The van der Waals surface area contributed by atoms with Crippen molar-refractivity contribution in [3.8, 4) is 5.75 Å². The molecule has 1 aliphatic carbocycles. The summed E-state index contributed by atoms with van der Waals surface area (Å²) in [6.07, 6.45) is 4.85. The molecule has 1 aromatic carbocycles. The second-order valence-electron chi connectivity index (χ2n) is 5.34. The molecule has 0 heterocycles. The fourth-order valence-corrected chi connectivity index (χ4v) is 2.48. The predicted octanol–water partition coefficient (Wildman–Crippen LogP) is 2.79. The van der Waals surface area contributed by atoms with Crippen LogP contribution < -0.4 is 10.1 Å². The quantitative estimate of drug-likeness (QED) is 0.636. The number of hydrogen-bond donors (Lipinski definition) is 1. The van der Waals surface area contributed by atoms with Crippen LogP contribution in [0.1, 0.15) is 25.7 Å². The minimum Gasteiger partial charge on any atom is -0.488 e. The van der Waals surface area contributed by atoms with Gasteiger partial charge in [-0.3, -0.25) is 0 Å². The summed E-state index contributed by atoms with van der Waals surface area (Å²) >= 11 is 0. The minimum absolute atomic E-state index is 0.0125. The van der Waals surface area contributed by atoms with E-state index in [4.69, 9.17) is 4.74 Å². The van der Waals surface area contributed by atoms with Crippen molar-refractivity contribution in [2.45, 2.75) is 31.8 Å². The molecule has 1 aliphatic rings. The molecular formula is C17H20FNO5. The van der Waals surface area contributed by atoms with Gasteiger partial charge in [0.15, 0.2) is 0 Å². The van der Waals surface area contributed by atoms with Gasteiger partial charge in [-0.05, 0) is 37.8 Å². The molecule has 6 nitrogen and oxygen atoms in total. The van der Waals surface area contributed by atoms with Gasteiger partial charge in [-0.25, -0.2) is 14.0 Å². The van der Waals surface area contributed by atoms with E-state index in [1.807, 2.05) is 0 Å². The van der Waals surface area contributed by atoms with Gasteiger partial charge in [0, 0.05) is 0 Å². The fraction of sp³-hybridized carbons (Fsp3) is 0.412. The Morgan fingerprint density at radius 1 is 1.21 bits per heavy atom. The van der Waals surface area contributed by atoms with Gasteiger partial charge in [0.25, 0.3) is 0 Å². The molecule has 0 bridgehead atoms. The minimum atomic E-state index is -0.824. The zero-order valence-corrected chi connectivity index (χ0v) is 13.6. The Balaban J connectivity index is 2.29. The van der Waals surface area contributed by atoms with E-state index in [0.717, 1.165) is 38.9 Å².